The Bertz CT molecular complexity index is 530. The van der Waals surface area contributed by atoms with Crippen LogP contribution >= 0.6 is 0 Å². The molecule has 1 saturated heterocycles. The number of nitriles is 1. The lowest BCUT2D eigenvalue weighted by atomic mass is 9.92. The van der Waals surface area contributed by atoms with E-state index >= 15 is 0 Å². The zero-order valence-electron chi connectivity index (χ0n) is 11.5. The Balaban J connectivity index is 1.95. The maximum Gasteiger partial charge on any atom is 0.303 e. The number of carboxylic acid groups (broad SMARTS) is 1. The van der Waals surface area contributed by atoms with Gasteiger partial charge in [0.2, 0.25) is 5.95 Å². The summed E-state index contributed by atoms with van der Waals surface area (Å²) in [6, 6.07) is 3.72. The topological polar surface area (TPSA) is 90.1 Å². The molecule has 0 aliphatic carbocycles. The van der Waals surface area contributed by atoms with Crippen LogP contribution in [0.1, 0.15) is 37.1 Å². The molecule has 0 bridgehead atoms. The molecule has 0 atom stereocenters. The smallest absolute Gasteiger partial charge is 0.303 e. The van der Waals surface area contributed by atoms with Gasteiger partial charge in [-0.2, -0.15) is 5.26 Å². The third kappa shape index (κ3) is 3.67. The molecular formula is C14H18N4O2. The van der Waals surface area contributed by atoms with Crippen molar-refractivity contribution in [3.8, 4) is 6.07 Å². The largest absolute Gasteiger partial charge is 0.481 e. The number of aromatic nitrogens is 2. The van der Waals surface area contributed by atoms with Gasteiger partial charge in [-0.1, -0.05) is 0 Å². The minimum absolute atomic E-state index is 0.240. The average molecular weight is 274 g/mol. The maximum absolute atomic E-state index is 10.6. The average Bonchev–Trinajstić information content (AvgIpc) is 2.45. The van der Waals surface area contributed by atoms with Crippen molar-refractivity contribution in [2.45, 2.75) is 32.6 Å². The molecule has 1 fully saturated rings. The molecule has 0 aromatic carbocycles. The quantitative estimate of drug-likeness (QED) is 0.899. The molecule has 6 heteroatoms. The number of carbonyl (C=O) groups is 1. The van der Waals surface area contributed by atoms with E-state index in [2.05, 4.69) is 14.9 Å². The number of carboxylic acids is 1. The van der Waals surface area contributed by atoms with Crippen LogP contribution in [0.15, 0.2) is 6.07 Å². The van der Waals surface area contributed by atoms with Gasteiger partial charge in [-0.25, -0.2) is 9.97 Å². The first-order valence-corrected chi connectivity index (χ1v) is 6.81. The summed E-state index contributed by atoms with van der Waals surface area (Å²) in [4.78, 5) is 21.3. The van der Waals surface area contributed by atoms with Crippen LogP contribution in [0.2, 0.25) is 0 Å². The van der Waals surface area contributed by atoms with Gasteiger partial charge in [0.15, 0.2) is 0 Å². The van der Waals surface area contributed by atoms with Gasteiger partial charge in [0.25, 0.3) is 0 Å². The van der Waals surface area contributed by atoms with Crippen LogP contribution < -0.4 is 4.90 Å². The molecule has 0 amide bonds. The lowest BCUT2D eigenvalue weighted by Gasteiger charge is -2.31. The second-order valence-electron chi connectivity index (χ2n) is 5.17. The molecule has 1 aliphatic rings. The molecule has 0 spiro atoms. The minimum atomic E-state index is -0.729. The van der Waals surface area contributed by atoms with Gasteiger partial charge in [0, 0.05) is 25.2 Å². The van der Waals surface area contributed by atoms with Gasteiger partial charge in [-0.15, -0.1) is 0 Å². The van der Waals surface area contributed by atoms with Gasteiger partial charge in [-0.05, 0) is 38.2 Å². The standard InChI is InChI=1S/C14H18N4O2/c1-10-8-12(9-15)17-14(16-10)18-6-4-11(5-7-18)2-3-13(19)20/h8,11H,2-7H2,1H3,(H,19,20). The molecule has 1 aromatic rings. The molecule has 1 aliphatic heterocycles. The number of hydrogen-bond acceptors (Lipinski definition) is 5. The second kappa shape index (κ2) is 6.33. The highest BCUT2D eigenvalue weighted by Crippen LogP contribution is 2.24. The van der Waals surface area contributed by atoms with E-state index < -0.39 is 5.97 Å². The first kappa shape index (κ1) is 14.3. The summed E-state index contributed by atoms with van der Waals surface area (Å²) in [5, 5.41) is 17.6. The van der Waals surface area contributed by atoms with E-state index in [1.807, 2.05) is 13.0 Å². The van der Waals surface area contributed by atoms with Gasteiger partial charge < -0.3 is 10.0 Å². The third-order valence-electron chi connectivity index (χ3n) is 3.62. The lowest BCUT2D eigenvalue weighted by molar-refractivity contribution is -0.137. The zero-order chi connectivity index (χ0) is 14.5. The highest BCUT2D eigenvalue weighted by Gasteiger charge is 2.21. The summed E-state index contributed by atoms with van der Waals surface area (Å²) in [7, 11) is 0. The number of nitrogens with zero attached hydrogens (tertiary/aromatic N) is 4. The molecule has 2 rings (SSSR count). The Morgan fingerprint density at radius 2 is 2.20 bits per heavy atom. The van der Waals surface area contributed by atoms with Gasteiger partial charge >= 0.3 is 5.97 Å². The fourth-order valence-corrected chi connectivity index (χ4v) is 2.50. The Kier molecular flexibility index (Phi) is 4.51. The molecule has 1 N–H and O–H groups in total. The van der Waals surface area contributed by atoms with E-state index in [0.29, 0.717) is 17.6 Å². The van der Waals surface area contributed by atoms with E-state index in [1.165, 1.54) is 0 Å². The second-order valence-corrected chi connectivity index (χ2v) is 5.17. The number of rotatable bonds is 4. The number of hydrogen-bond donors (Lipinski definition) is 1. The van der Waals surface area contributed by atoms with E-state index in [1.54, 1.807) is 6.07 Å². The Labute approximate surface area is 118 Å². The molecule has 6 nitrogen and oxygen atoms in total. The Morgan fingerprint density at radius 3 is 2.80 bits per heavy atom. The number of aliphatic carboxylic acids is 1. The van der Waals surface area contributed by atoms with Crippen LogP contribution in [0.4, 0.5) is 5.95 Å². The van der Waals surface area contributed by atoms with Crippen LogP contribution in [-0.4, -0.2) is 34.1 Å². The highest BCUT2D eigenvalue weighted by molar-refractivity contribution is 5.66. The maximum atomic E-state index is 10.6. The molecule has 0 unspecified atom stereocenters. The molecule has 20 heavy (non-hydrogen) atoms. The first-order valence-electron chi connectivity index (χ1n) is 6.81. The molecule has 2 heterocycles. The molecule has 106 valence electrons. The summed E-state index contributed by atoms with van der Waals surface area (Å²) in [5.41, 5.74) is 1.18. The summed E-state index contributed by atoms with van der Waals surface area (Å²) in [6.07, 6.45) is 2.88. The number of piperidine rings is 1. The van der Waals surface area contributed by atoms with Crippen molar-refractivity contribution in [3.05, 3.63) is 17.5 Å². The molecule has 0 radical (unpaired) electrons. The SMILES string of the molecule is Cc1cc(C#N)nc(N2CCC(CCC(=O)O)CC2)n1. The van der Waals surface area contributed by atoms with Gasteiger partial charge in [0.05, 0.1) is 0 Å². The van der Waals surface area contributed by atoms with Crippen molar-refractivity contribution in [2.75, 3.05) is 18.0 Å². The molecular weight excluding hydrogens is 256 g/mol. The highest BCUT2D eigenvalue weighted by atomic mass is 16.4. The van der Waals surface area contributed by atoms with Crippen molar-refractivity contribution in [2.24, 2.45) is 5.92 Å². The summed E-state index contributed by atoms with van der Waals surface area (Å²) < 4.78 is 0. The van der Waals surface area contributed by atoms with E-state index in [-0.39, 0.29) is 6.42 Å². The summed E-state index contributed by atoms with van der Waals surface area (Å²) >= 11 is 0. The minimum Gasteiger partial charge on any atom is -0.481 e. The predicted molar refractivity (Wildman–Crippen MR) is 73.3 cm³/mol. The lowest BCUT2D eigenvalue weighted by Crippen LogP contribution is -2.35. The van der Waals surface area contributed by atoms with Crippen LogP contribution in [0, 0.1) is 24.2 Å². The van der Waals surface area contributed by atoms with E-state index in [9.17, 15) is 4.79 Å². The van der Waals surface area contributed by atoms with Crippen molar-refractivity contribution in [1.82, 2.24) is 9.97 Å². The van der Waals surface area contributed by atoms with Crippen molar-refractivity contribution < 1.29 is 9.90 Å². The van der Waals surface area contributed by atoms with Gasteiger partial charge in [0.1, 0.15) is 11.8 Å². The number of anilines is 1. The van der Waals surface area contributed by atoms with Crippen LogP contribution in [0.3, 0.4) is 0 Å². The third-order valence-corrected chi connectivity index (χ3v) is 3.62. The monoisotopic (exact) mass is 274 g/mol. The summed E-state index contributed by atoms with van der Waals surface area (Å²) in [5.74, 6) is 0.342. The van der Waals surface area contributed by atoms with Crippen LogP contribution in [0.5, 0.6) is 0 Å². The number of aryl methyl sites for hydroxylation is 1. The van der Waals surface area contributed by atoms with Crippen LogP contribution in [0.25, 0.3) is 0 Å². The fourth-order valence-electron chi connectivity index (χ4n) is 2.50. The first-order chi connectivity index (χ1) is 9.58. The van der Waals surface area contributed by atoms with E-state index in [4.69, 9.17) is 10.4 Å². The zero-order valence-corrected chi connectivity index (χ0v) is 11.5. The van der Waals surface area contributed by atoms with Crippen molar-refractivity contribution in [1.29, 1.82) is 5.26 Å². The summed E-state index contributed by atoms with van der Waals surface area (Å²) in [6.45, 7) is 3.49. The normalized spacial score (nSPS) is 15.9. The Hall–Kier alpha value is -2.16. The fraction of sp³-hybridized carbons (Fsp3) is 0.571. The molecule has 1 aromatic heterocycles. The van der Waals surface area contributed by atoms with E-state index in [0.717, 1.165) is 38.0 Å². The predicted octanol–water partition coefficient (Wildman–Crippen LogP) is 1.74. The molecule has 0 saturated carbocycles. The van der Waals surface area contributed by atoms with Gasteiger partial charge in [-0.3, -0.25) is 4.79 Å². The van der Waals surface area contributed by atoms with Crippen LogP contribution in [-0.2, 0) is 4.79 Å². The van der Waals surface area contributed by atoms with Crippen molar-refractivity contribution in [3.63, 3.8) is 0 Å². The van der Waals surface area contributed by atoms with Crippen molar-refractivity contribution >= 4 is 11.9 Å². The Morgan fingerprint density at radius 1 is 1.50 bits per heavy atom.